The van der Waals surface area contributed by atoms with Crippen molar-refractivity contribution in [3.63, 3.8) is 0 Å². The number of hydrogen-bond acceptors (Lipinski definition) is 5. The Morgan fingerprint density at radius 3 is 2.14 bits per heavy atom. The summed E-state index contributed by atoms with van der Waals surface area (Å²) in [4.78, 5) is 54.1. The zero-order chi connectivity index (χ0) is 27.3. The molecule has 4 amide bonds. The van der Waals surface area contributed by atoms with E-state index in [4.69, 9.17) is 10.5 Å². The first kappa shape index (κ1) is 28.5. The number of aryl methyl sites for hydroxylation is 2. The molecule has 2 atom stereocenters. The molecule has 9 heteroatoms. The molecule has 204 valence electrons. The molecule has 1 aromatic rings. The van der Waals surface area contributed by atoms with Crippen molar-refractivity contribution in [1.82, 2.24) is 15.5 Å². The van der Waals surface area contributed by atoms with E-state index in [0.717, 1.165) is 61.6 Å². The van der Waals surface area contributed by atoms with Crippen LogP contribution >= 0.6 is 0 Å². The maximum absolute atomic E-state index is 14.1. The highest BCUT2D eigenvalue weighted by Crippen LogP contribution is 2.38. The molecule has 2 aliphatic rings. The fourth-order valence-corrected chi connectivity index (χ4v) is 5.08. The lowest BCUT2D eigenvalue weighted by Gasteiger charge is -2.37. The monoisotopic (exact) mass is 514 g/mol. The molecule has 3 rings (SSSR count). The highest BCUT2D eigenvalue weighted by Gasteiger charge is 2.45. The molecule has 0 aromatic heterocycles. The lowest BCUT2D eigenvalue weighted by Crippen LogP contribution is -2.55. The van der Waals surface area contributed by atoms with Crippen LogP contribution < -0.4 is 16.4 Å². The van der Waals surface area contributed by atoms with Gasteiger partial charge in [-0.15, -0.1) is 0 Å². The molecule has 0 saturated heterocycles. The predicted molar refractivity (Wildman–Crippen MR) is 141 cm³/mol. The maximum Gasteiger partial charge on any atom is 0.408 e. The second-order valence-corrected chi connectivity index (χ2v) is 11.4. The van der Waals surface area contributed by atoms with E-state index in [1.165, 1.54) is 0 Å². The van der Waals surface area contributed by atoms with Gasteiger partial charge in [0.15, 0.2) is 0 Å². The van der Waals surface area contributed by atoms with Gasteiger partial charge in [-0.25, -0.2) is 4.79 Å². The van der Waals surface area contributed by atoms with Crippen molar-refractivity contribution in [2.45, 2.75) is 116 Å². The van der Waals surface area contributed by atoms with Gasteiger partial charge in [-0.05, 0) is 77.0 Å². The van der Waals surface area contributed by atoms with Gasteiger partial charge in [0.05, 0.1) is 6.42 Å². The largest absolute Gasteiger partial charge is 0.444 e. The summed E-state index contributed by atoms with van der Waals surface area (Å²) in [5.41, 5.74) is 7.24. The number of primary amides is 1. The smallest absolute Gasteiger partial charge is 0.408 e. The van der Waals surface area contributed by atoms with E-state index in [2.05, 4.69) is 10.6 Å². The number of nitrogens with one attached hydrogen (secondary N) is 2. The Hall–Kier alpha value is -3.10. The van der Waals surface area contributed by atoms with Crippen LogP contribution in [0.3, 0.4) is 0 Å². The minimum absolute atomic E-state index is 0.0607. The molecule has 2 saturated carbocycles. The van der Waals surface area contributed by atoms with Crippen molar-refractivity contribution < 1.29 is 23.9 Å². The lowest BCUT2D eigenvalue weighted by molar-refractivity contribution is -0.144. The topological polar surface area (TPSA) is 131 Å². The molecule has 2 unspecified atom stereocenters. The van der Waals surface area contributed by atoms with E-state index < -0.39 is 42.0 Å². The van der Waals surface area contributed by atoms with Crippen LogP contribution in [0.4, 0.5) is 4.79 Å². The van der Waals surface area contributed by atoms with Crippen molar-refractivity contribution in [3.05, 3.63) is 34.9 Å². The molecule has 0 aliphatic heterocycles. The molecule has 0 heterocycles. The normalized spacial score (nSPS) is 17.9. The fraction of sp³-hybridized carbons (Fsp3) is 0.643. The Morgan fingerprint density at radius 1 is 1.03 bits per heavy atom. The molecule has 0 spiro atoms. The summed E-state index contributed by atoms with van der Waals surface area (Å²) in [6.45, 7) is 8.99. The number of hydrogen-bond donors (Lipinski definition) is 3. The number of carbonyl (C=O) groups is 4. The van der Waals surface area contributed by atoms with Crippen LogP contribution in [0.2, 0.25) is 0 Å². The molecule has 2 fully saturated rings. The van der Waals surface area contributed by atoms with Crippen molar-refractivity contribution in [1.29, 1.82) is 0 Å². The van der Waals surface area contributed by atoms with E-state index >= 15 is 0 Å². The summed E-state index contributed by atoms with van der Waals surface area (Å²) in [6, 6.07) is 3.53. The van der Waals surface area contributed by atoms with Gasteiger partial charge < -0.3 is 26.0 Å². The Kier molecular flexibility index (Phi) is 9.21. The third kappa shape index (κ3) is 7.94. The first-order valence-corrected chi connectivity index (χ1v) is 13.3. The van der Waals surface area contributed by atoms with Crippen LogP contribution in [-0.4, -0.2) is 52.4 Å². The lowest BCUT2D eigenvalue weighted by atomic mass is 9.91. The van der Waals surface area contributed by atoms with Crippen molar-refractivity contribution in [2.24, 2.45) is 5.73 Å². The Balaban J connectivity index is 1.99. The second-order valence-electron chi connectivity index (χ2n) is 11.4. The fourth-order valence-electron chi connectivity index (χ4n) is 5.08. The summed E-state index contributed by atoms with van der Waals surface area (Å²) in [5.74, 6) is -1.49. The maximum atomic E-state index is 14.1. The summed E-state index contributed by atoms with van der Waals surface area (Å²) < 4.78 is 5.33. The van der Waals surface area contributed by atoms with Gasteiger partial charge in [-0.1, -0.05) is 37.5 Å². The summed E-state index contributed by atoms with van der Waals surface area (Å²) >= 11 is 0. The Bertz CT molecular complexity index is 988. The van der Waals surface area contributed by atoms with Gasteiger partial charge in [0.1, 0.15) is 17.7 Å². The highest BCUT2D eigenvalue weighted by molar-refractivity contribution is 5.95. The van der Waals surface area contributed by atoms with Crippen LogP contribution in [0.5, 0.6) is 0 Å². The van der Waals surface area contributed by atoms with E-state index in [0.29, 0.717) is 0 Å². The average molecular weight is 515 g/mol. The molecule has 0 bridgehead atoms. The van der Waals surface area contributed by atoms with Crippen molar-refractivity contribution in [3.8, 4) is 0 Å². The predicted octanol–water partition coefficient (Wildman–Crippen LogP) is 3.55. The quantitative estimate of drug-likeness (QED) is 0.464. The molecular formula is C28H42N4O5. The summed E-state index contributed by atoms with van der Waals surface area (Å²) in [6.07, 6.45) is 5.35. The molecule has 1 aromatic carbocycles. The van der Waals surface area contributed by atoms with E-state index in [1.54, 1.807) is 25.7 Å². The SMILES string of the molecule is Cc1cccc(C)c1C(C(=O)NC1CCCCC1)N(C(=O)C(CC(N)=O)NC(=O)OC(C)(C)C)C1CC1. The number of rotatable bonds is 9. The molecule has 0 radical (unpaired) electrons. The van der Waals surface area contributed by atoms with E-state index in [-0.39, 0.29) is 18.0 Å². The van der Waals surface area contributed by atoms with Crippen molar-refractivity contribution >= 4 is 23.8 Å². The first-order valence-electron chi connectivity index (χ1n) is 13.3. The Labute approximate surface area is 219 Å². The van der Waals surface area contributed by atoms with Gasteiger partial charge in [-0.2, -0.15) is 0 Å². The highest BCUT2D eigenvalue weighted by atomic mass is 16.6. The first-order chi connectivity index (χ1) is 17.4. The minimum atomic E-state index is -1.25. The summed E-state index contributed by atoms with van der Waals surface area (Å²) in [5, 5.41) is 5.74. The van der Waals surface area contributed by atoms with E-state index in [9.17, 15) is 19.2 Å². The number of ether oxygens (including phenoxy) is 1. The zero-order valence-electron chi connectivity index (χ0n) is 22.8. The number of alkyl carbamates (subject to hydrolysis) is 1. The average Bonchev–Trinajstić information content (AvgIpc) is 3.61. The van der Waals surface area contributed by atoms with Crippen molar-refractivity contribution in [2.75, 3.05) is 0 Å². The van der Waals surface area contributed by atoms with Gasteiger partial charge in [0.2, 0.25) is 17.7 Å². The third-order valence-electron chi connectivity index (χ3n) is 6.88. The third-order valence-corrected chi connectivity index (χ3v) is 6.88. The van der Waals surface area contributed by atoms with Crippen LogP contribution in [0, 0.1) is 13.8 Å². The van der Waals surface area contributed by atoms with Crippen LogP contribution in [0.25, 0.3) is 0 Å². The molecule has 2 aliphatic carbocycles. The standard InChI is InChI=1S/C28H42N4O5/c1-17-10-9-11-18(2)23(17)24(25(34)30-19-12-7-6-8-13-19)32(20-14-15-20)26(35)21(16-22(29)33)31-27(36)37-28(3,4)5/h9-11,19-21,24H,6-8,12-16H2,1-5H3,(H2,29,33)(H,30,34)(H,31,36). The van der Waals surface area contributed by atoms with Gasteiger partial charge in [-0.3, -0.25) is 14.4 Å². The molecular weight excluding hydrogens is 472 g/mol. The van der Waals surface area contributed by atoms with Crippen LogP contribution in [0.15, 0.2) is 18.2 Å². The molecule has 9 nitrogen and oxygen atoms in total. The second kappa shape index (κ2) is 12.0. The number of carbonyl (C=O) groups excluding carboxylic acids is 4. The molecule has 37 heavy (non-hydrogen) atoms. The zero-order valence-corrected chi connectivity index (χ0v) is 22.8. The minimum Gasteiger partial charge on any atom is -0.444 e. The number of nitrogens with zero attached hydrogens (tertiary/aromatic N) is 1. The van der Waals surface area contributed by atoms with Crippen LogP contribution in [0.1, 0.15) is 94.9 Å². The number of nitrogens with two attached hydrogens (primary N) is 1. The van der Waals surface area contributed by atoms with Gasteiger partial charge in [0, 0.05) is 12.1 Å². The van der Waals surface area contributed by atoms with Gasteiger partial charge in [0.25, 0.3) is 0 Å². The molecule has 4 N–H and O–H groups in total. The number of benzene rings is 1. The van der Waals surface area contributed by atoms with Gasteiger partial charge >= 0.3 is 6.09 Å². The van der Waals surface area contributed by atoms with Crippen LogP contribution in [-0.2, 0) is 19.1 Å². The summed E-state index contributed by atoms with van der Waals surface area (Å²) in [7, 11) is 0. The number of amides is 4. The van der Waals surface area contributed by atoms with E-state index in [1.807, 2.05) is 32.0 Å². The Morgan fingerprint density at radius 2 is 1.62 bits per heavy atom.